The van der Waals surface area contributed by atoms with E-state index in [4.69, 9.17) is 4.74 Å². The van der Waals surface area contributed by atoms with Crippen molar-refractivity contribution in [1.82, 2.24) is 0 Å². The molecular weight excluding hydrogens is 363 g/mol. The quantitative estimate of drug-likeness (QED) is 0.548. The maximum absolute atomic E-state index is 12.5. The van der Waals surface area contributed by atoms with Crippen LogP contribution < -0.4 is 0 Å². The smallest absolute Gasteiger partial charge is 0.339 e. The molecule has 2 aliphatic carbocycles. The Morgan fingerprint density at radius 1 is 1.30 bits per heavy atom. The molecule has 2 bridgehead atoms. The van der Waals surface area contributed by atoms with Gasteiger partial charge in [-0.1, -0.05) is 32.9 Å². The van der Waals surface area contributed by atoms with Crippen molar-refractivity contribution in [2.45, 2.75) is 46.1 Å². The van der Waals surface area contributed by atoms with E-state index in [0.29, 0.717) is 11.5 Å². The van der Waals surface area contributed by atoms with Crippen molar-refractivity contribution in [3.63, 3.8) is 0 Å². The fraction of sp³-hybridized carbons (Fsp3) is 0.588. The third-order valence-corrected chi connectivity index (χ3v) is 6.40. The van der Waals surface area contributed by atoms with E-state index in [1.54, 1.807) is 0 Å². The Labute approximate surface area is 134 Å². The summed E-state index contributed by atoms with van der Waals surface area (Å²) >= 11 is 2.20. The monoisotopic (exact) mass is 384 g/mol. The van der Waals surface area contributed by atoms with Gasteiger partial charge in [-0.05, 0) is 59.9 Å². The first-order valence-electron chi connectivity index (χ1n) is 7.30. The first kappa shape index (κ1) is 14.4. The van der Waals surface area contributed by atoms with Crippen molar-refractivity contribution in [2.75, 3.05) is 0 Å². The Morgan fingerprint density at radius 2 is 2.00 bits per heavy atom. The van der Waals surface area contributed by atoms with Crippen LogP contribution in [0.4, 0.5) is 0 Å². The van der Waals surface area contributed by atoms with Gasteiger partial charge in [0, 0.05) is 14.4 Å². The molecule has 1 aromatic rings. The molecule has 0 spiro atoms. The van der Waals surface area contributed by atoms with Gasteiger partial charge in [0.05, 0.1) is 5.56 Å². The zero-order valence-corrected chi connectivity index (χ0v) is 14.4. The van der Waals surface area contributed by atoms with Gasteiger partial charge in [0.25, 0.3) is 0 Å². The highest BCUT2D eigenvalue weighted by Crippen LogP contribution is 2.63. The van der Waals surface area contributed by atoms with E-state index in [2.05, 4.69) is 43.4 Å². The van der Waals surface area contributed by atoms with E-state index in [0.717, 1.165) is 3.57 Å². The van der Waals surface area contributed by atoms with Gasteiger partial charge in [-0.2, -0.15) is 0 Å². The van der Waals surface area contributed by atoms with Crippen LogP contribution in [0.5, 0.6) is 0 Å². The van der Waals surface area contributed by atoms with E-state index in [9.17, 15) is 4.79 Å². The van der Waals surface area contributed by atoms with Crippen LogP contribution in [0.2, 0.25) is 0 Å². The maximum atomic E-state index is 12.5. The molecule has 2 saturated carbocycles. The fourth-order valence-electron chi connectivity index (χ4n) is 4.35. The molecule has 3 heteroatoms. The molecule has 20 heavy (non-hydrogen) atoms. The Kier molecular flexibility index (Phi) is 3.39. The fourth-order valence-corrected chi connectivity index (χ4v) is 4.96. The van der Waals surface area contributed by atoms with E-state index >= 15 is 0 Å². The molecule has 0 unspecified atom stereocenters. The molecule has 0 saturated heterocycles. The summed E-state index contributed by atoms with van der Waals surface area (Å²) < 4.78 is 6.95. The molecule has 0 amide bonds. The summed E-state index contributed by atoms with van der Waals surface area (Å²) in [4.78, 5) is 12.5. The first-order valence-corrected chi connectivity index (χ1v) is 8.38. The molecule has 2 fully saturated rings. The Bertz CT molecular complexity index is 547. The summed E-state index contributed by atoms with van der Waals surface area (Å²) in [7, 11) is 0. The average molecular weight is 384 g/mol. The lowest BCUT2D eigenvalue weighted by Gasteiger charge is -2.41. The summed E-state index contributed by atoms with van der Waals surface area (Å²) in [6.45, 7) is 6.81. The lowest BCUT2D eigenvalue weighted by atomic mass is 9.70. The molecule has 0 aromatic heterocycles. The molecule has 0 radical (unpaired) electrons. The molecule has 2 nitrogen and oxygen atoms in total. The van der Waals surface area contributed by atoms with Gasteiger partial charge in [-0.25, -0.2) is 4.79 Å². The van der Waals surface area contributed by atoms with Crippen LogP contribution in [0.3, 0.4) is 0 Å². The van der Waals surface area contributed by atoms with E-state index < -0.39 is 0 Å². The predicted octanol–water partition coefficient (Wildman–Crippen LogP) is 4.66. The number of benzene rings is 1. The van der Waals surface area contributed by atoms with Crippen LogP contribution in [0.1, 0.15) is 50.4 Å². The van der Waals surface area contributed by atoms with Crippen LogP contribution in [-0.4, -0.2) is 12.1 Å². The molecule has 108 valence electrons. The second kappa shape index (κ2) is 4.72. The minimum atomic E-state index is -0.165. The van der Waals surface area contributed by atoms with Crippen molar-refractivity contribution >= 4 is 28.6 Å². The molecule has 0 aliphatic heterocycles. The van der Waals surface area contributed by atoms with E-state index in [-0.39, 0.29) is 22.9 Å². The van der Waals surface area contributed by atoms with Gasteiger partial charge >= 0.3 is 5.97 Å². The molecular formula is C17H21IO2. The van der Waals surface area contributed by atoms with Crippen LogP contribution >= 0.6 is 22.6 Å². The highest BCUT2D eigenvalue weighted by Gasteiger charge is 2.61. The number of carbonyl (C=O) groups is 1. The highest BCUT2D eigenvalue weighted by atomic mass is 127. The van der Waals surface area contributed by atoms with Crippen molar-refractivity contribution in [3.8, 4) is 0 Å². The van der Waals surface area contributed by atoms with Gasteiger partial charge in [-0.3, -0.25) is 0 Å². The number of esters is 1. The summed E-state index contributed by atoms with van der Waals surface area (Å²) in [5, 5.41) is 0. The first-order chi connectivity index (χ1) is 9.34. The van der Waals surface area contributed by atoms with Crippen LogP contribution in [0, 0.1) is 20.3 Å². The summed E-state index contributed by atoms with van der Waals surface area (Å²) in [6, 6.07) is 7.64. The number of rotatable bonds is 2. The molecule has 1 aromatic carbocycles. The average Bonchev–Trinajstić information content (AvgIpc) is 2.86. The highest BCUT2D eigenvalue weighted by molar-refractivity contribution is 14.1. The van der Waals surface area contributed by atoms with Crippen molar-refractivity contribution in [1.29, 1.82) is 0 Å². The van der Waals surface area contributed by atoms with Gasteiger partial charge in [0.1, 0.15) is 6.10 Å². The number of halogens is 1. The summed E-state index contributed by atoms with van der Waals surface area (Å²) in [5.74, 6) is 0.530. The van der Waals surface area contributed by atoms with E-state index in [1.165, 1.54) is 19.3 Å². The summed E-state index contributed by atoms with van der Waals surface area (Å²) in [5.41, 5.74) is 0.961. The van der Waals surface area contributed by atoms with Crippen molar-refractivity contribution in [2.24, 2.45) is 16.7 Å². The zero-order chi connectivity index (χ0) is 14.5. The largest absolute Gasteiger partial charge is 0.458 e. The molecule has 3 atom stereocenters. The lowest BCUT2D eigenvalue weighted by molar-refractivity contribution is -0.0585. The molecule has 3 rings (SSSR count). The topological polar surface area (TPSA) is 26.3 Å². The van der Waals surface area contributed by atoms with Gasteiger partial charge in [0.15, 0.2) is 0 Å². The van der Waals surface area contributed by atoms with Crippen LogP contribution in [0.25, 0.3) is 0 Å². The van der Waals surface area contributed by atoms with Crippen LogP contribution in [-0.2, 0) is 4.74 Å². The van der Waals surface area contributed by atoms with Crippen LogP contribution in [0.15, 0.2) is 24.3 Å². The number of ether oxygens (including phenoxy) is 1. The molecule has 2 aliphatic rings. The van der Waals surface area contributed by atoms with Crippen molar-refractivity contribution in [3.05, 3.63) is 33.4 Å². The minimum Gasteiger partial charge on any atom is -0.458 e. The Morgan fingerprint density at radius 3 is 2.60 bits per heavy atom. The second-order valence-corrected chi connectivity index (χ2v) is 8.34. The van der Waals surface area contributed by atoms with Gasteiger partial charge in [0.2, 0.25) is 0 Å². The van der Waals surface area contributed by atoms with Gasteiger partial charge < -0.3 is 4.74 Å². The SMILES string of the molecule is CC1(C)[C@H]2CC[C@](C)(C2)[C@H]1OC(=O)c1ccccc1I. The summed E-state index contributed by atoms with van der Waals surface area (Å²) in [6.07, 6.45) is 3.70. The lowest BCUT2D eigenvalue weighted by Crippen LogP contribution is -2.43. The normalized spacial score (nSPS) is 34.2. The standard InChI is InChI=1S/C17H21IO2/c1-16(2)11-8-9-17(3,10-11)15(16)20-14(19)12-6-4-5-7-13(12)18/h4-7,11,15H,8-10H2,1-3H3/t11-,15-,17+/m0/s1. The number of hydrogen-bond acceptors (Lipinski definition) is 2. The third-order valence-electron chi connectivity index (χ3n) is 5.46. The molecule has 0 heterocycles. The van der Waals surface area contributed by atoms with E-state index in [1.807, 2.05) is 24.3 Å². The predicted molar refractivity (Wildman–Crippen MR) is 87.6 cm³/mol. The van der Waals surface area contributed by atoms with Gasteiger partial charge in [-0.15, -0.1) is 0 Å². The maximum Gasteiger partial charge on any atom is 0.339 e. The number of carbonyl (C=O) groups excluding carboxylic acids is 1. The Balaban J connectivity index is 1.85. The Hall–Kier alpha value is -0.580. The zero-order valence-electron chi connectivity index (χ0n) is 12.3. The van der Waals surface area contributed by atoms with Crippen molar-refractivity contribution < 1.29 is 9.53 Å². The molecule has 0 N–H and O–H groups in total. The number of fused-ring (bicyclic) bond motifs is 2. The number of hydrogen-bond donors (Lipinski definition) is 0. The third kappa shape index (κ3) is 2.09. The second-order valence-electron chi connectivity index (χ2n) is 7.18. The minimum absolute atomic E-state index is 0.0391.